The Bertz CT molecular complexity index is 63.7. The van der Waals surface area contributed by atoms with Crippen LogP contribution in [0, 0.1) is 0 Å². The molecule has 1 rings (SSSR count). The molecule has 1 aliphatic heterocycles. The van der Waals surface area contributed by atoms with Crippen molar-refractivity contribution in [1.29, 1.82) is 0 Å². The summed E-state index contributed by atoms with van der Waals surface area (Å²) in [6.07, 6.45) is 0. The van der Waals surface area contributed by atoms with Gasteiger partial charge in [0.2, 0.25) is 0 Å². The van der Waals surface area contributed by atoms with Gasteiger partial charge >= 0.3 is 37.4 Å². The van der Waals surface area contributed by atoms with Crippen molar-refractivity contribution in [3.05, 3.63) is 7.27 Å². The quantitative estimate of drug-likeness (QED) is 0.579. The van der Waals surface area contributed by atoms with Crippen molar-refractivity contribution in [2.75, 3.05) is 0 Å². The van der Waals surface area contributed by atoms with Crippen LogP contribution in [0.2, 0.25) is 8.97 Å². The molecule has 0 aliphatic carbocycles. The molecule has 0 unspecified atom stereocenters. The van der Waals surface area contributed by atoms with Crippen molar-refractivity contribution in [2.45, 2.75) is 8.97 Å². The molecule has 0 aromatic carbocycles. The molecule has 28 valence electrons. The van der Waals surface area contributed by atoms with Gasteiger partial charge in [-0.1, -0.05) is 0 Å². The molecular weight excluding hydrogens is 255 g/mol. The molecule has 5 heavy (non-hydrogen) atoms. The van der Waals surface area contributed by atoms with Crippen molar-refractivity contribution >= 4 is 21.2 Å². The number of rotatable bonds is 0. The second-order valence-electron chi connectivity index (χ2n) is 2.15. The molecule has 1 aliphatic rings. The van der Waals surface area contributed by atoms with Crippen LogP contribution in [0.4, 0.5) is 0 Å². The van der Waals surface area contributed by atoms with Crippen molar-refractivity contribution in [3.8, 4) is 0 Å². The average molecular weight is 263 g/mol. The van der Waals surface area contributed by atoms with Gasteiger partial charge in [0.1, 0.15) is 0 Å². The molecular formula is C4H8Pb. The van der Waals surface area contributed by atoms with E-state index in [2.05, 4.69) is 16.2 Å². The van der Waals surface area contributed by atoms with Gasteiger partial charge in [-0.3, -0.25) is 0 Å². The maximum absolute atomic E-state index is 2.41. The zero-order valence-electron chi connectivity index (χ0n) is 3.65. The van der Waals surface area contributed by atoms with E-state index in [0.717, 1.165) is 0 Å². The van der Waals surface area contributed by atoms with Gasteiger partial charge in [0.25, 0.3) is 0 Å². The molecule has 0 saturated carbocycles. The van der Waals surface area contributed by atoms with Gasteiger partial charge in [-0.2, -0.15) is 0 Å². The summed E-state index contributed by atoms with van der Waals surface area (Å²) in [7, 11) is 0. The molecule has 0 amide bonds. The summed E-state index contributed by atoms with van der Waals surface area (Å²) in [4.78, 5) is 0. The van der Waals surface area contributed by atoms with E-state index < -0.39 is 21.2 Å². The summed E-state index contributed by atoms with van der Waals surface area (Å²) < 4.78 is 9.64. The van der Waals surface area contributed by atoms with E-state index in [-0.39, 0.29) is 0 Å². The van der Waals surface area contributed by atoms with Gasteiger partial charge in [-0.15, -0.1) is 0 Å². The first-order valence-electron chi connectivity index (χ1n) is 1.91. The average Bonchev–Trinajstić information content (AvgIpc) is 1.76. The zero-order chi connectivity index (χ0) is 3.91. The van der Waals surface area contributed by atoms with Gasteiger partial charge in [0, 0.05) is 0 Å². The molecule has 0 radical (unpaired) electrons. The Morgan fingerprint density at radius 3 is 1.40 bits per heavy atom. The molecule has 0 atom stereocenters. The first kappa shape index (κ1) is 3.84. The monoisotopic (exact) mass is 264 g/mol. The Kier molecular flexibility index (Phi) is 0.640. The molecule has 0 aromatic heterocycles. The summed E-state index contributed by atoms with van der Waals surface area (Å²) in [5.74, 6) is 0. The van der Waals surface area contributed by atoms with Crippen LogP contribution in [0.3, 0.4) is 0 Å². The molecule has 0 N–H and O–H groups in total. The van der Waals surface area contributed by atoms with Crippen LogP contribution in [-0.2, 0) is 0 Å². The van der Waals surface area contributed by atoms with E-state index in [1.54, 1.807) is 0 Å². The van der Waals surface area contributed by atoms with Crippen molar-refractivity contribution in [2.24, 2.45) is 0 Å². The topological polar surface area (TPSA) is 0 Å². The Morgan fingerprint density at radius 2 is 1.40 bits per heavy atom. The Morgan fingerprint density at radius 1 is 1.20 bits per heavy atom. The van der Waals surface area contributed by atoms with Gasteiger partial charge in [-0.25, -0.2) is 0 Å². The van der Waals surface area contributed by atoms with Gasteiger partial charge in [0.05, 0.1) is 0 Å². The molecule has 1 heterocycles. The fraction of sp³-hybridized carbons (Fsp3) is 0.500. The minimum atomic E-state index is -1.28. The van der Waals surface area contributed by atoms with Crippen molar-refractivity contribution < 1.29 is 0 Å². The molecule has 0 fully saturated rings. The van der Waals surface area contributed by atoms with Crippen LogP contribution in [0.1, 0.15) is 0 Å². The molecule has 0 saturated heterocycles. The SMILES string of the molecule is [CH3][Pb]1([CH3])[CH]=[CH]1. The van der Waals surface area contributed by atoms with Crippen molar-refractivity contribution in [3.63, 3.8) is 0 Å². The third-order valence-electron chi connectivity index (χ3n) is 0.833. The van der Waals surface area contributed by atoms with Crippen LogP contribution in [0.5, 0.6) is 0 Å². The van der Waals surface area contributed by atoms with Crippen LogP contribution in [0.25, 0.3) is 0 Å². The Hall–Kier alpha value is 0.662. The Labute approximate surface area is 37.5 Å². The third kappa shape index (κ3) is 1.03. The standard InChI is InChI=1S/C2H2.2CH3.Pb/c1-2;;;/h1-2H;2*1H3;. The molecule has 0 bridgehead atoms. The number of hydrogen-bond acceptors (Lipinski definition) is 0. The van der Waals surface area contributed by atoms with Gasteiger partial charge in [0.15, 0.2) is 0 Å². The minimum absolute atomic E-state index is 1.28. The van der Waals surface area contributed by atoms with Gasteiger partial charge < -0.3 is 0 Å². The second kappa shape index (κ2) is 0.833. The normalized spacial score (nSPS) is 26.8. The van der Waals surface area contributed by atoms with E-state index in [0.29, 0.717) is 0 Å². The Balaban J connectivity index is 2.47. The molecule has 0 spiro atoms. The summed E-state index contributed by atoms with van der Waals surface area (Å²) >= 11 is -1.28. The van der Waals surface area contributed by atoms with E-state index in [4.69, 9.17) is 0 Å². The third-order valence-corrected chi connectivity index (χ3v) is 7.31. The summed E-state index contributed by atoms with van der Waals surface area (Å²) in [5.41, 5.74) is 0. The molecule has 1 heteroatoms. The zero-order valence-corrected chi connectivity index (χ0v) is 7.54. The fourth-order valence-electron chi connectivity index (χ4n) is 0.167. The fourth-order valence-corrected chi connectivity index (χ4v) is 12.8. The van der Waals surface area contributed by atoms with E-state index in [1.807, 2.05) is 0 Å². The molecule has 0 aromatic rings. The predicted octanol–water partition coefficient (Wildman–Crippen LogP) is 1.34. The second-order valence-corrected chi connectivity index (χ2v) is 18.9. The van der Waals surface area contributed by atoms with E-state index >= 15 is 0 Å². The van der Waals surface area contributed by atoms with Crippen LogP contribution >= 0.6 is 0 Å². The molecule has 0 nitrogen and oxygen atoms in total. The summed E-state index contributed by atoms with van der Waals surface area (Å²) in [5, 5.41) is 0. The van der Waals surface area contributed by atoms with Gasteiger partial charge in [-0.05, 0) is 0 Å². The van der Waals surface area contributed by atoms with Crippen LogP contribution in [0.15, 0.2) is 7.27 Å². The van der Waals surface area contributed by atoms with Crippen LogP contribution in [-0.4, -0.2) is 21.2 Å². The van der Waals surface area contributed by atoms with Crippen LogP contribution < -0.4 is 0 Å². The van der Waals surface area contributed by atoms with E-state index in [1.165, 1.54) is 0 Å². The summed E-state index contributed by atoms with van der Waals surface area (Å²) in [6, 6.07) is 0. The van der Waals surface area contributed by atoms with E-state index in [9.17, 15) is 0 Å². The predicted molar refractivity (Wildman–Crippen MR) is 26.6 cm³/mol. The summed E-state index contributed by atoms with van der Waals surface area (Å²) in [6.45, 7) is 0. The maximum atomic E-state index is 2.41. The first-order chi connectivity index (χ1) is 2.21. The number of hydrogen-bond donors (Lipinski definition) is 0. The first-order valence-corrected chi connectivity index (χ1v) is 14.2. The van der Waals surface area contributed by atoms with Crippen molar-refractivity contribution in [1.82, 2.24) is 0 Å².